The Kier molecular flexibility index (Phi) is 5.89. The quantitative estimate of drug-likeness (QED) is 0.787. The predicted octanol–water partition coefficient (Wildman–Crippen LogP) is 2.10. The molecule has 0 aliphatic heterocycles. The molecule has 3 N–H and O–H groups in total. The third-order valence-corrected chi connectivity index (χ3v) is 4.42. The molecule has 2 aromatic carbocycles. The van der Waals surface area contributed by atoms with Gasteiger partial charge in [0, 0.05) is 12.1 Å². The Morgan fingerprint density at radius 2 is 1.71 bits per heavy atom. The van der Waals surface area contributed by atoms with Crippen LogP contribution in [-0.4, -0.2) is 20.9 Å². The number of hydrogen-bond acceptors (Lipinski definition) is 3. The van der Waals surface area contributed by atoms with Crippen molar-refractivity contribution in [1.29, 1.82) is 0 Å². The Labute approximate surface area is 142 Å². The van der Waals surface area contributed by atoms with Crippen molar-refractivity contribution in [2.24, 2.45) is 5.14 Å². The van der Waals surface area contributed by atoms with Crippen LogP contribution in [0.4, 0.5) is 0 Å². The van der Waals surface area contributed by atoms with Gasteiger partial charge < -0.3 is 5.32 Å². The highest BCUT2D eigenvalue weighted by atomic mass is 32.2. The molecule has 126 valence electrons. The van der Waals surface area contributed by atoms with Crippen LogP contribution in [0.3, 0.4) is 0 Å². The molecule has 0 aliphatic rings. The second kappa shape index (κ2) is 7.90. The summed E-state index contributed by atoms with van der Waals surface area (Å²) in [6.07, 6.45) is 2.44. The van der Waals surface area contributed by atoms with Crippen molar-refractivity contribution < 1.29 is 13.2 Å². The number of amides is 1. The van der Waals surface area contributed by atoms with Gasteiger partial charge in [-0.1, -0.05) is 42.5 Å². The number of nitrogens with two attached hydrogens (primary N) is 1. The zero-order valence-corrected chi connectivity index (χ0v) is 14.2. The van der Waals surface area contributed by atoms with E-state index in [0.29, 0.717) is 18.5 Å². The molecule has 5 nitrogen and oxygen atoms in total. The number of primary sulfonamides is 1. The second-order valence-electron chi connectivity index (χ2n) is 5.43. The summed E-state index contributed by atoms with van der Waals surface area (Å²) in [4.78, 5) is 12.1. The standard InChI is InChI=1S/C18H20N2O3S/c1-14(13-16-5-3-2-4-6-16)18(21)20-12-11-15-7-9-17(10-8-15)24(19,22)23/h2-10,13H,11-12H2,1H3,(H,20,21)(H2,19,22,23). The summed E-state index contributed by atoms with van der Waals surface area (Å²) < 4.78 is 22.4. The van der Waals surface area contributed by atoms with Crippen LogP contribution in [0.1, 0.15) is 18.1 Å². The van der Waals surface area contributed by atoms with Crippen LogP contribution in [0.2, 0.25) is 0 Å². The monoisotopic (exact) mass is 344 g/mol. The van der Waals surface area contributed by atoms with E-state index in [-0.39, 0.29) is 10.8 Å². The lowest BCUT2D eigenvalue weighted by Gasteiger charge is -2.06. The number of benzene rings is 2. The molecule has 0 spiro atoms. The average molecular weight is 344 g/mol. The van der Waals surface area contributed by atoms with Crippen LogP contribution >= 0.6 is 0 Å². The van der Waals surface area contributed by atoms with E-state index in [1.807, 2.05) is 36.4 Å². The molecule has 0 heterocycles. The molecule has 2 aromatic rings. The minimum absolute atomic E-state index is 0.0805. The van der Waals surface area contributed by atoms with Gasteiger partial charge in [0.05, 0.1) is 4.90 Å². The van der Waals surface area contributed by atoms with E-state index in [0.717, 1.165) is 11.1 Å². The number of carbonyl (C=O) groups is 1. The molecule has 0 radical (unpaired) electrons. The number of carbonyl (C=O) groups excluding carboxylic acids is 1. The lowest BCUT2D eigenvalue weighted by atomic mass is 10.1. The number of nitrogens with one attached hydrogen (secondary N) is 1. The van der Waals surface area contributed by atoms with Crippen LogP contribution in [0.15, 0.2) is 65.1 Å². The fraction of sp³-hybridized carbons (Fsp3) is 0.167. The minimum atomic E-state index is -3.67. The molecule has 0 aromatic heterocycles. The lowest BCUT2D eigenvalue weighted by Crippen LogP contribution is -2.26. The molecule has 0 atom stereocenters. The number of sulfonamides is 1. The Bertz CT molecular complexity index is 826. The Hall–Kier alpha value is -2.44. The van der Waals surface area contributed by atoms with Gasteiger partial charge in [-0.15, -0.1) is 0 Å². The van der Waals surface area contributed by atoms with Gasteiger partial charge >= 0.3 is 0 Å². The predicted molar refractivity (Wildman–Crippen MR) is 94.6 cm³/mol. The largest absolute Gasteiger partial charge is 0.352 e. The van der Waals surface area contributed by atoms with Crippen molar-refractivity contribution >= 4 is 22.0 Å². The normalized spacial score (nSPS) is 12.0. The van der Waals surface area contributed by atoms with E-state index in [2.05, 4.69) is 5.32 Å². The molecule has 6 heteroatoms. The maximum Gasteiger partial charge on any atom is 0.246 e. The average Bonchev–Trinajstić information content (AvgIpc) is 2.55. The summed E-state index contributed by atoms with van der Waals surface area (Å²) in [5.74, 6) is -0.125. The van der Waals surface area contributed by atoms with Gasteiger partial charge in [-0.05, 0) is 42.7 Å². The summed E-state index contributed by atoms with van der Waals surface area (Å²) in [6, 6.07) is 15.9. The van der Waals surface area contributed by atoms with Crippen molar-refractivity contribution in [1.82, 2.24) is 5.32 Å². The fourth-order valence-electron chi connectivity index (χ4n) is 2.17. The SMILES string of the molecule is CC(=Cc1ccccc1)C(=O)NCCc1ccc(S(N)(=O)=O)cc1. The first-order chi connectivity index (χ1) is 11.4. The summed E-state index contributed by atoms with van der Waals surface area (Å²) >= 11 is 0. The van der Waals surface area contributed by atoms with Gasteiger partial charge in [-0.2, -0.15) is 0 Å². The minimum Gasteiger partial charge on any atom is -0.352 e. The van der Waals surface area contributed by atoms with Crippen LogP contribution in [-0.2, 0) is 21.2 Å². The van der Waals surface area contributed by atoms with Crippen molar-refractivity contribution in [3.8, 4) is 0 Å². The molecular formula is C18H20N2O3S. The smallest absolute Gasteiger partial charge is 0.246 e. The first-order valence-electron chi connectivity index (χ1n) is 7.49. The molecule has 1 amide bonds. The second-order valence-corrected chi connectivity index (χ2v) is 6.99. The summed E-state index contributed by atoms with van der Waals surface area (Å²) in [7, 11) is -3.67. The van der Waals surface area contributed by atoms with Gasteiger partial charge in [0.15, 0.2) is 0 Å². The Morgan fingerprint density at radius 1 is 1.08 bits per heavy atom. The van der Waals surface area contributed by atoms with Crippen LogP contribution in [0, 0.1) is 0 Å². The van der Waals surface area contributed by atoms with E-state index in [1.54, 1.807) is 19.1 Å². The first-order valence-corrected chi connectivity index (χ1v) is 9.04. The van der Waals surface area contributed by atoms with E-state index < -0.39 is 10.0 Å². The van der Waals surface area contributed by atoms with Gasteiger partial charge in [0.1, 0.15) is 0 Å². The molecule has 0 bridgehead atoms. The van der Waals surface area contributed by atoms with E-state index in [9.17, 15) is 13.2 Å². The summed E-state index contributed by atoms with van der Waals surface area (Å²) in [5, 5.41) is 7.90. The maximum atomic E-state index is 12.0. The zero-order valence-electron chi connectivity index (χ0n) is 13.4. The Balaban J connectivity index is 1.87. The van der Waals surface area contributed by atoms with Crippen molar-refractivity contribution in [3.05, 3.63) is 71.3 Å². The van der Waals surface area contributed by atoms with Crippen molar-refractivity contribution in [2.45, 2.75) is 18.2 Å². The topological polar surface area (TPSA) is 89.3 Å². The molecule has 2 rings (SSSR count). The van der Waals surface area contributed by atoms with E-state index in [1.165, 1.54) is 12.1 Å². The number of rotatable bonds is 6. The lowest BCUT2D eigenvalue weighted by molar-refractivity contribution is -0.117. The van der Waals surface area contributed by atoms with Crippen LogP contribution < -0.4 is 10.5 Å². The highest BCUT2D eigenvalue weighted by Crippen LogP contribution is 2.09. The van der Waals surface area contributed by atoms with E-state index in [4.69, 9.17) is 5.14 Å². The van der Waals surface area contributed by atoms with Gasteiger partial charge in [0.2, 0.25) is 15.9 Å². The highest BCUT2D eigenvalue weighted by molar-refractivity contribution is 7.89. The Morgan fingerprint density at radius 3 is 2.29 bits per heavy atom. The zero-order chi connectivity index (χ0) is 17.6. The molecule has 0 unspecified atom stereocenters. The highest BCUT2D eigenvalue weighted by Gasteiger charge is 2.07. The molecule has 0 aliphatic carbocycles. The van der Waals surface area contributed by atoms with E-state index >= 15 is 0 Å². The molecule has 0 fully saturated rings. The fourth-order valence-corrected chi connectivity index (χ4v) is 2.69. The maximum absolute atomic E-state index is 12.0. The molecule has 0 saturated carbocycles. The first kappa shape index (κ1) is 17.9. The summed E-state index contributed by atoms with van der Waals surface area (Å²) in [5.41, 5.74) is 2.53. The van der Waals surface area contributed by atoms with Crippen molar-refractivity contribution in [2.75, 3.05) is 6.54 Å². The van der Waals surface area contributed by atoms with Crippen molar-refractivity contribution in [3.63, 3.8) is 0 Å². The summed E-state index contributed by atoms with van der Waals surface area (Å²) in [6.45, 7) is 2.23. The van der Waals surface area contributed by atoms with Gasteiger partial charge in [0.25, 0.3) is 0 Å². The third-order valence-electron chi connectivity index (χ3n) is 3.49. The van der Waals surface area contributed by atoms with Gasteiger partial charge in [-0.3, -0.25) is 4.79 Å². The molecular weight excluding hydrogens is 324 g/mol. The van der Waals surface area contributed by atoms with Gasteiger partial charge in [-0.25, -0.2) is 13.6 Å². The molecule has 0 saturated heterocycles. The van der Waals surface area contributed by atoms with Crippen LogP contribution in [0.25, 0.3) is 6.08 Å². The number of hydrogen-bond donors (Lipinski definition) is 2. The third kappa shape index (κ3) is 5.33. The van der Waals surface area contributed by atoms with Crippen LogP contribution in [0.5, 0.6) is 0 Å². The molecule has 24 heavy (non-hydrogen) atoms.